The Bertz CT molecular complexity index is 739. The van der Waals surface area contributed by atoms with Gasteiger partial charge in [0.05, 0.1) is 12.2 Å². The van der Waals surface area contributed by atoms with E-state index in [9.17, 15) is 5.11 Å². The third-order valence-corrected chi connectivity index (χ3v) is 11.6. The number of hydrogen-bond acceptors (Lipinski definition) is 3. The van der Waals surface area contributed by atoms with E-state index in [0.29, 0.717) is 22.9 Å². The first-order chi connectivity index (χ1) is 14.3. The van der Waals surface area contributed by atoms with Crippen molar-refractivity contribution in [2.45, 2.75) is 103 Å². The minimum absolute atomic E-state index is 0.0439. The molecule has 3 unspecified atom stereocenters. The van der Waals surface area contributed by atoms with E-state index in [-0.39, 0.29) is 11.8 Å². The van der Waals surface area contributed by atoms with Gasteiger partial charge in [0.25, 0.3) is 0 Å². The number of ether oxygens (including phenoxy) is 1. The van der Waals surface area contributed by atoms with Crippen LogP contribution in [0.2, 0.25) is 0 Å². The summed E-state index contributed by atoms with van der Waals surface area (Å²) in [6.45, 7) is 11.2. The molecule has 30 heavy (non-hydrogen) atoms. The van der Waals surface area contributed by atoms with Crippen LogP contribution in [0.15, 0.2) is 11.6 Å². The van der Waals surface area contributed by atoms with Crippen molar-refractivity contribution in [3.05, 3.63) is 11.6 Å². The Morgan fingerprint density at radius 2 is 1.90 bits per heavy atom. The second-order valence-electron chi connectivity index (χ2n) is 12.8. The van der Waals surface area contributed by atoms with Crippen LogP contribution in [0.3, 0.4) is 0 Å². The zero-order chi connectivity index (χ0) is 20.9. The van der Waals surface area contributed by atoms with Crippen LogP contribution in [0.1, 0.15) is 85.5 Å². The fourth-order valence-corrected chi connectivity index (χ4v) is 9.84. The Morgan fingerprint density at radius 3 is 2.67 bits per heavy atom. The van der Waals surface area contributed by atoms with E-state index in [0.717, 1.165) is 49.0 Å². The Hall–Kier alpha value is -0.380. The van der Waals surface area contributed by atoms with E-state index in [1.54, 1.807) is 5.57 Å². The van der Waals surface area contributed by atoms with Gasteiger partial charge in [-0.1, -0.05) is 39.3 Å². The van der Waals surface area contributed by atoms with Gasteiger partial charge in [-0.3, -0.25) is 5.32 Å². The van der Waals surface area contributed by atoms with Gasteiger partial charge in [-0.25, -0.2) is 0 Å². The van der Waals surface area contributed by atoms with Gasteiger partial charge in [0, 0.05) is 12.5 Å². The highest BCUT2D eigenvalue weighted by Gasteiger charge is 2.68. The van der Waals surface area contributed by atoms with Crippen molar-refractivity contribution >= 4 is 0 Å². The third kappa shape index (κ3) is 2.55. The highest BCUT2D eigenvalue weighted by Crippen LogP contribution is 2.70. The van der Waals surface area contributed by atoms with E-state index in [1.165, 1.54) is 44.9 Å². The molecule has 6 rings (SSSR count). The minimum atomic E-state index is -0.100. The number of nitrogens with one attached hydrogen (secondary N) is 1. The average Bonchev–Trinajstić information content (AvgIpc) is 3.16. The molecule has 3 nitrogen and oxygen atoms in total. The lowest BCUT2D eigenvalue weighted by atomic mass is 9.47. The van der Waals surface area contributed by atoms with Crippen LogP contribution in [-0.4, -0.2) is 29.6 Å². The maximum absolute atomic E-state index is 10.3. The monoisotopic (exact) mass is 413 g/mol. The third-order valence-electron chi connectivity index (χ3n) is 11.6. The lowest BCUT2D eigenvalue weighted by Crippen LogP contribution is -2.57. The summed E-state index contributed by atoms with van der Waals surface area (Å²) in [4.78, 5) is 0. The summed E-state index contributed by atoms with van der Waals surface area (Å²) in [5.41, 5.74) is 2.33. The molecule has 0 amide bonds. The van der Waals surface area contributed by atoms with Crippen molar-refractivity contribution in [2.75, 3.05) is 6.54 Å². The number of aliphatic hydroxyl groups is 1. The molecule has 1 spiro atoms. The molecule has 3 heteroatoms. The van der Waals surface area contributed by atoms with E-state index in [2.05, 4.69) is 39.1 Å². The van der Waals surface area contributed by atoms with E-state index in [4.69, 9.17) is 4.74 Å². The van der Waals surface area contributed by atoms with Crippen LogP contribution in [0, 0.1) is 46.3 Å². The average molecular weight is 414 g/mol. The lowest BCUT2D eigenvalue weighted by molar-refractivity contribution is -0.115. The molecule has 11 atom stereocenters. The molecular weight excluding hydrogens is 370 g/mol. The van der Waals surface area contributed by atoms with Gasteiger partial charge in [-0.05, 0) is 98.2 Å². The fraction of sp³-hybridized carbons (Fsp3) is 0.926. The normalized spacial score (nSPS) is 59.8. The molecule has 2 N–H and O–H groups in total. The highest BCUT2D eigenvalue weighted by molar-refractivity contribution is 5.26. The number of piperidine rings is 1. The Labute approximate surface area is 183 Å². The predicted molar refractivity (Wildman–Crippen MR) is 120 cm³/mol. The van der Waals surface area contributed by atoms with Crippen LogP contribution in [-0.2, 0) is 4.74 Å². The number of fused-ring (bicyclic) bond motifs is 7. The van der Waals surface area contributed by atoms with Crippen molar-refractivity contribution in [1.29, 1.82) is 0 Å². The van der Waals surface area contributed by atoms with Crippen molar-refractivity contribution < 1.29 is 9.84 Å². The van der Waals surface area contributed by atoms with Crippen LogP contribution in [0.4, 0.5) is 0 Å². The lowest BCUT2D eigenvalue weighted by Gasteiger charge is -2.58. The first-order valence-electron chi connectivity index (χ1n) is 13.1. The van der Waals surface area contributed by atoms with E-state index < -0.39 is 0 Å². The van der Waals surface area contributed by atoms with Crippen molar-refractivity contribution in [3.63, 3.8) is 0 Å². The van der Waals surface area contributed by atoms with Gasteiger partial charge in [-0.2, -0.15) is 0 Å². The van der Waals surface area contributed by atoms with Gasteiger partial charge in [-0.15, -0.1) is 0 Å². The zero-order valence-corrected chi connectivity index (χ0v) is 19.6. The molecule has 2 aliphatic heterocycles. The smallest absolute Gasteiger partial charge is 0.122 e. The molecule has 3 saturated carbocycles. The summed E-state index contributed by atoms with van der Waals surface area (Å²) in [6.07, 6.45) is 13.8. The summed E-state index contributed by atoms with van der Waals surface area (Å²) in [5, 5.41) is 14.1. The summed E-state index contributed by atoms with van der Waals surface area (Å²) in [6, 6.07) is 0. The predicted octanol–water partition coefficient (Wildman–Crippen LogP) is 5.29. The zero-order valence-electron chi connectivity index (χ0n) is 19.6. The summed E-state index contributed by atoms with van der Waals surface area (Å²) in [5.74, 6) is 4.58. The molecule has 2 saturated heterocycles. The number of allylic oxidation sites excluding steroid dienone is 1. The van der Waals surface area contributed by atoms with Crippen LogP contribution < -0.4 is 5.32 Å². The Morgan fingerprint density at radius 1 is 1.07 bits per heavy atom. The summed E-state index contributed by atoms with van der Waals surface area (Å²) < 4.78 is 7.00. The van der Waals surface area contributed by atoms with Gasteiger partial charge in [0.1, 0.15) is 5.72 Å². The fourth-order valence-electron chi connectivity index (χ4n) is 9.84. The minimum Gasteiger partial charge on any atom is -0.393 e. The van der Waals surface area contributed by atoms with Crippen molar-refractivity contribution in [2.24, 2.45) is 46.3 Å². The standard InChI is InChI=1S/C27H43NO2/c1-16-7-12-27(28-15-16)17(2)24-23(30-27)14-22-20-6-5-18-13-19(29)8-10-25(18,3)21(20)9-11-26(22,24)4/h5,16-17,19-24,28-29H,6-15H2,1-4H3/t16-,17+,19+,20?,21?,22+,23+,24?,25+,26+,27-/m1/s1. The maximum atomic E-state index is 10.3. The molecule has 168 valence electrons. The van der Waals surface area contributed by atoms with E-state index >= 15 is 0 Å². The molecule has 0 aromatic heterocycles. The number of rotatable bonds is 0. The SMILES string of the molecule is C[C@@H]1CC[C@@]2(NC1)O[C@H]1C[C@H]3C4CC=C5C[C@@H](O)CC[C@]5(C)C4CC[C@]3(C)C1[C@@H]2C. The molecule has 0 aromatic rings. The van der Waals surface area contributed by atoms with Crippen LogP contribution >= 0.6 is 0 Å². The molecule has 5 fully saturated rings. The van der Waals surface area contributed by atoms with E-state index in [1.807, 2.05) is 0 Å². The molecule has 0 radical (unpaired) electrons. The summed E-state index contributed by atoms with van der Waals surface area (Å²) in [7, 11) is 0. The summed E-state index contributed by atoms with van der Waals surface area (Å²) >= 11 is 0. The molecule has 2 heterocycles. The van der Waals surface area contributed by atoms with Gasteiger partial charge in [0.2, 0.25) is 0 Å². The topological polar surface area (TPSA) is 41.5 Å². The Balaban J connectivity index is 1.28. The van der Waals surface area contributed by atoms with Crippen LogP contribution in [0.25, 0.3) is 0 Å². The second kappa shape index (κ2) is 6.58. The first kappa shape index (κ1) is 20.2. The highest BCUT2D eigenvalue weighted by atomic mass is 16.5. The molecular formula is C27H43NO2. The number of aliphatic hydroxyl groups excluding tert-OH is 1. The number of hydrogen-bond donors (Lipinski definition) is 2. The largest absolute Gasteiger partial charge is 0.393 e. The maximum Gasteiger partial charge on any atom is 0.122 e. The van der Waals surface area contributed by atoms with Gasteiger partial charge < -0.3 is 9.84 Å². The van der Waals surface area contributed by atoms with Crippen molar-refractivity contribution in [1.82, 2.24) is 5.32 Å². The quantitative estimate of drug-likeness (QED) is 0.530. The molecule has 4 aliphatic carbocycles. The second-order valence-corrected chi connectivity index (χ2v) is 12.8. The van der Waals surface area contributed by atoms with Crippen LogP contribution in [0.5, 0.6) is 0 Å². The van der Waals surface area contributed by atoms with Crippen molar-refractivity contribution in [3.8, 4) is 0 Å². The molecule has 0 aromatic carbocycles. The Kier molecular flexibility index (Phi) is 4.44. The first-order valence-corrected chi connectivity index (χ1v) is 13.1. The van der Waals surface area contributed by atoms with Gasteiger partial charge in [0.15, 0.2) is 0 Å². The molecule has 0 bridgehead atoms. The molecule has 6 aliphatic rings. The van der Waals surface area contributed by atoms with Gasteiger partial charge >= 0.3 is 0 Å².